The van der Waals surface area contributed by atoms with Crippen LogP contribution in [0, 0.1) is 0 Å². The molecule has 146 valence electrons. The van der Waals surface area contributed by atoms with Gasteiger partial charge in [0.1, 0.15) is 5.69 Å². The number of ketones is 1. The predicted molar refractivity (Wildman–Crippen MR) is 119 cm³/mol. The molecule has 0 radical (unpaired) electrons. The number of nitrogens with zero attached hydrogens (tertiary/aromatic N) is 2. The summed E-state index contributed by atoms with van der Waals surface area (Å²) in [6, 6.07) is 9.88. The highest BCUT2D eigenvalue weighted by Crippen LogP contribution is 2.41. The second kappa shape index (κ2) is 7.79. The summed E-state index contributed by atoms with van der Waals surface area (Å²) in [4.78, 5) is 35.2. The van der Waals surface area contributed by atoms with E-state index in [9.17, 15) is 9.59 Å². The van der Waals surface area contributed by atoms with E-state index in [1.807, 2.05) is 43.5 Å². The first kappa shape index (κ1) is 19.3. The van der Waals surface area contributed by atoms with Crippen molar-refractivity contribution in [3.05, 3.63) is 64.5 Å². The van der Waals surface area contributed by atoms with Crippen molar-refractivity contribution in [2.75, 3.05) is 12.8 Å². The van der Waals surface area contributed by atoms with Gasteiger partial charge in [0, 0.05) is 29.1 Å². The summed E-state index contributed by atoms with van der Waals surface area (Å²) in [6.45, 7) is 4.05. The number of benzene rings is 1. The van der Waals surface area contributed by atoms with E-state index in [0.29, 0.717) is 29.1 Å². The molecule has 0 aliphatic heterocycles. The molecule has 6 heteroatoms. The second-order valence-electron chi connectivity index (χ2n) is 6.88. The van der Waals surface area contributed by atoms with Crippen LogP contribution in [-0.4, -0.2) is 34.5 Å². The Hall–Kier alpha value is -2.99. The molecular weight excluding hydrogens is 382 g/mol. The maximum atomic E-state index is 13.2. The molecule has 1 aromatic carbocycles. The molecule has 0 unspecified atom stereocenters. The van der Waals surface area contributed by atoms with E-state index in [1.165, 1.54) is 11.8 Å². The Balaban J connectivity index is 1.85. The van der Waals surface area contributed by atoms with Gasteiger partial charge < -0.3 is 5.32 Å². The standard InChI is InChI=1S/C23H21N3O2S/c1-4-13(2)23(28)25-12-10-16-19-18-15(14-7-5-6-8-17(14)26-19)9-11-24-20(18)21(27)22(16)29-3/h4-9,11H,10,12H2,1-3H3,(H,25,28). The molecular formula is C23H21N3O2S. The van der Waals surface area contributed by atoms with Gasteiger partial charge in [0.05, 0.1) is 16.1 Å². The molecule has 1 N–H and O–H groups in total. The van der Waals surface area contributed by atoms with Crippen molar-refractivity contribution in [3.8, 4) is 0 Å². The van der Waals surface area contributed by atoms with E-state index in [4.69, 9.17) is 4.98 Å². The van der Waals surface area contributed by atoms with Crippen LogP contribution in [0.25, 0.3) is 27.2 Å². The highest BCUT2D eigenvalue weighted by atomic mass is 32.2. The topological polar surface area (TPSA) is 72.0 Å². The van der Waals surface area contributed by atoms with Crippen LogP contribution in [0.2, 0.25) is 0 Å². The number of para-hydroxylation sites is 1. The summed E-state index contributed by atoms with van der Waals surface area (Å²) < 4.78 is 0. The van der Waals surface area contributed by atoms with Gasteiger partial charge in [0.25, 0.3) is 0 Å². The number of hydrogen-bond donors (Lipinski definition) is 1. The maximum Gasteiger partial charge on any atom is 0.246 e. The number of carbonyl (C=O) groups is 2. The fraction of sp³-hybridized carbons (Fsp3) is 0.217. The van der Waals surface area contributed by atoms with Crippen molar-refractivity contribution < 1.29 is 9.59 Å². The molecule has 4 rings (SSSR count). The van der Waals surface area contributed by atoms with Gasteiger partial charge in [-0.25, -0.2) is 4.98 Å². The zero-order valence-corrected chi connectivity index (χ0v) is 17.4. The summed E-state index contributed by atoms with van der Waals surface area (Å²) in [5.41, 5.74) is 3.68. The Morgan fingerprint density at radius 3 is 2.72 bits per heavy atom. The molecule has 0 fully saturated rings. The molecule has 0 atom stereocenters. The summed E-state index contributed by atoms with van der Waals surface area (Å²) >= 11 is 1.41. The highest BCUT2D eigenvalue weighted by Gasteiger charge is 2.30. The average molecular weight is 404 g/mol. The molecule has 0 saturated heterocycles. The number of Topliss-reactive ketones (excluding diaryl/α,β-unsaturated/α-hetero) is 1. The second-order valence-corrected chi connectivity index (χ2v) is 7.69. The molecule has 2 aromatic heterocycles. The third-order valence-electron chi connectivity index (χ3n) is 5.25. The van der Waals surface area contributed by atoms with Gasteiger partial charge in [-0.3, -0.25) is 14.6 Å². The Morgan fingerprint density at radius 2 is 1.97 bits per heavy atom. The summed E-state index contributed by atoms with van der Waals surface area (Å²) in [6.07, 6.45) is 5.89. The van der Waals surface area contributed by atoms with E-state index in [2.05, 4.69) is 10.3 Å². The van der Waals surface area contributed by atoms with Crippen LogP contribution in [-0.2, 0) is 4.79 Å². The summed E-state index contributed by atoms with van der Waals surface area (Å²) in [7, 11) is 0. The maximum absolute atomic E-state index is 13.2. The third kappa shape index (κ3) is 3.23. The van der Waals surface area contributed by atoms with Gasteiger partial charge in [-0.2, -0.15) is 0 Å². The van der Waals surface area contributed by atoms with Crippen molar-refractivity contribution >= 4 is 50.7 Å². The zero-order valence-electron chi connectivity index (χ0n) is 16.6. The number of rotatable bonds is 5. The molecule has 29 heavy (non-hydrogen) atoms. The number of pyridine rings is 2. The van der Waals surface area contributed by atoms with E-state index >= 15 is 0 Å². The molecule has 0 bridgehead atoms. The van der Waals surface area contributed by atoms with Crippen molar-refractivity contribution in [1.82, 2.24) is 15.3 Å². The van der Waals surface area contributed by atoms with Gasteiger partial charge in [-0.1, -0.05) is 24.3 Å². The van der Waals surface area contributed by atoms with Crippen molar-refractivity contribution in [2.45, 2.75) is 20.3 Å². The van der Waals surface area contributed by atoms with Gasteiger partial charge in [0.15, 0.2) is 0 Å². The van der Waals surface area contributed by atoms with Crippen LogP contribution in [0.4, 0.5) is 0 Å². The minimum absolute atomic E-state index is 0.0707. The van der Waals surface area contributed by atoms with E-state index in [0.717, 1.165) is 32.9 Å². The Bertz CT molecular complexity index is 1230. The van der Waals surface area contributed by atoms with Crippen molar-refractivity contribution in [2.24, 2.45) is 0 Å². The number of amides is 1. The van der Waals surface area contributed by atoms with Crippen LogP contribution >= 0.6 is 11.8 Å². The number of allylic oxidation sites excluding steroid dienone is 2. The van der Waals surface area contributed by atoms with Crippen LogP contribution in [0.1, 0.15) is 36.5 Å². The van der Waals surface area contributed by atoms with Gasteiger partial charge in [-0.05, 0) is 49.6 Å². The average Bonchev–Trinajstić information content (AvgIpc) is 2.76. The normalized spacial score (nSPS) is 14.0. The lowest BCUT2D eigenvalue weighted by atomic mass is 9.91. The third-order valence-corrected chi connectivity index (χ3v) is 6.09. The quantitative estimate of drug-likeness (QED) is 0.501. The summed E-state index contributed by atoms with van der Waals surface area (Å²) in [5.74, 6) is -0.168. The Labute approximate surface area is 173 Å². The zero-order chi connectivity index (χ0) is 20.5. The van der Waals surface area contributed by atoms with Crippen LogP contribution in [0.5, 0.6) is 0 Å². The first-order chi connectivity index (χ1) is 14.1. The number of hydrogen-bond acceptors (Lipinski definition) is 5. The smallest absolute Gasteiger partial charge is 0.246 e. The minimum Gasteiger partial charge on any atom is -0.352 e. The molecule has 2 heterocycles. The Kier molecular flexibility index (Phi) is 5.20. The predicted octanol–water partition coefficient (Wildman–Crippen LogP) is 4.53. The number of aromatic nitrogens is 2. The lowest BCUT2D eigenvalue weighted by Gasteiger charge is -2.22. The van der Waals surface area contributed by atoms with E-state index in [-0.39, 0.29) is 11.7 Å². The van der Waals surface area contributed by atoms with Crippen LogP contribution in [0.15, 0.2) is 53.1 Å². The number of carbonyl (C=O) groups excluding carboxylic acids is 2. The summed E-state index contributed by atoms with van der Waals surface area (Å²) in [5, 5.41) is 5.72. The van der Waals surface area contributed by atoms with Crippen LogP contribution < -0.4 is 5.32 Å². The van der Waals surface area contributed by atoms with Gasteiger partial charge in [-0.15, -0.1) is 11.8 Å². The molecule has 1 amide bonds. The van der Waals surface area contributed by atoms with Crippen molar-refractivity contribution in [3.63, 3.8) is 0 Å². The van der Waals surface area contributed by atoms with Crippen LogP contribution in [0.3, 0.4) is 0 Å². The largest absolute Gasteiger partial charge is 0.352 e. The molecule has 1 aliphatic carbocycles. The SMILES string of the molecule is CC=C(C)C(=O)NCCC1=C(SC)C(=O)c2nccc3c2c1nc1ccccc13. The lowest BCUT2D eigenvalue weighted by molar-refractivity contribution is -0.117. The number of thioether (sulfide) groups is 1. The highest BCUT2D eigenvalue weighted by molar-refractivity contribution is 8.03. The molecule has 0 saturated carbocycles. The molecule has 3 aromatic rings. The number of nitrogens with one attached hydrogen (secondary N) is 1. The first-order valence-electron chi connectivity index (χ1n) is 9.47. The van der Waals surface area contributed by atoms with Gasteiger partial charge in [0.2, 0.25) is 11.7 Å². The van der Waals surface area contributed by atoms with Crippen molar-refractivity contribution in [1.29, 1.82) is 0 Å². The molecule has 0 spiro atoms. The Morgan fingerprint density at radius 1 is 1.17 bits per heavy atom. The lowest BCUT2D eigenvalue weighted by Crippen LogP contribution is -2.26. The fourth-order valence-corrected chi connectivity index (χ4v) is 4.39. The van der Waals surface area contributed by atoms with E-state index in [1.54, 1.807) is 19.2 Å². The van der Waals surface area contributed by atoms with Gasteiger partial charge >= 0.3 is 0 Å². The first-order valence-corrected chi connectivity index (χ1v) is 10.7. The molecule has 1 aliphatic rings. The molecule has 5 nitrogen and oxygen atoms in total. The monoisotopic (exact) mass is 403 g/mol. The minimum atomic E-state index is -0.0976. The number of fused-ring (bicyclic) bond motifs is 2. The fourth-order valence-electron chi connectivity index (χ4n) is 3.66. The van der Waals surface area contributed by atoms with E-state index < -0.39 is 0 Å².